The first kappa shape index (κ1) is 66.5. The summed E-state index contributed by atoms with van der Waals surface area (Å²) in [5.74, 6) is 0. The van der Waals surface area contributed by atoms with Gasteiger partial charge >= 0.3 is 110 Å². The normalized spacial score (nSPS) is 3.27. The van der Waals surface area contributed by atoms with Gasteiger partial charge in [-0.25, -0.2) is 0 Å². The van der Waals surface area contributed by atoms with Crippen LogP contribution in [0.4, 0.5) is 0 Å². The largest absolute Gasteiger partial charge is 1.00 e. The van der Waals surface area contributed by atoms with Crippen LogP contribution in [0.1, 0.15) is 0 Å². The topological polar surface area (TPSA) is 315 Å². The molecule has 18 nitrogen and oxygen atoms in total. The second-order valence-electron chi connectivity index (χ2n) is 0.447. The van der Waals surface area contributed by atoms with Crippen LogP contribution in [0.15, 0.2) is 32.0 Å². The summed E-state index contributed by atoms with van der Waals surface area (Å²) < 4.78 is 0. The molecule has 0 N–H and O–H groups in total. The molecule has 0 atom stereocenters. The van der Waals surface area contributed by atoms with E-state index >= 15 is 0 Å². The smallest absolute Gasteiger partial charge is 0.444 e. The summed E-state index contributed by atoms with van der Waals surface area (Å²) in [5, 5.41) is 54.0. The van der Waals surface area contributed by atoms with Crippen LogP contribution in [0.5, 0.6) is 0 Å². The molecule has 0 aromatic rings. The van der Waals surface area contributed by atoms with Gasteiger partial charge in [-0.2, -0.15) is 0 Å². The molecule has 0 rings (SSSR count). The molecule has 0 bridgehead atoms. The predicted molar refractivity (Wildman–Crippen MR) is 55.0 cm³/mol. The van der Waals surface area contributed by atoms with Crippen LogP contribution in [0.25, 0.3) is 0 Å². The zero-order valence-corrected chi connectivity index (χ0v) is 19.1. The Bertz CT molecular complexity index is 129. The van der Waals surface area contributed by atoms with Crippen LogP contribution >= 0.6 is 0 Å². The van der Waals surface area contributed by atoms with Gasteiger partial charge in [0.1, 0.15) is 0 Å². The minimum Gasteiger partial charge on any atom is -0.444 e. The van der Waals surface area contributed by atoms with Crippen molar-refractivity contribution in [3.8, 4) is 0 Å². The van der Waals surface area contributed by atoms with E-state index in [1.165, 1.54) is 0 Å². The fourth-order valence-electron chi connectivity index (χ4n) is 0. The molecule has 0 spiro atoms. The average molecular weight is 420 g/mol. The third-order valence-electron chi connectivity index (χ3n) is 0. The average Bonchev–Trinajstić information content (AvgIpc) is 2.23. The van der Waals surface area contributed by atoms with Crippen LogP contribution in [0.3, 0.4) is 0 Å². The maximum absolute atomic E-state index is 8.00. The molecule has 0 aliphatic carbocycles. The Morgan fingerprint density at radius 3 is 0.409 bits per heavy atom. The van der Waals surface area contributed by atoms with Crippen LogP contribution < -0.4 is 110 Å². The van der Waals surface area contributed by atoms with E-state index in [0.717, 1.165) is 32.0 Å². The van der Waals surface area contributed by atoms with E-state index in [0.29, 0.717) is 0 Å². The molecule has 0 aromatic heterocycles. The fourth-order valence-corrected chi connectivity index (χ4v) is 0. The minimum absolute atomic E-state index is 0. The third-order valence-corrected chi connectivity index (χ3v) is 0. The maximum Gasteiger partial charge on any atom is 1.00 e. The summed E-state index contributed by atoms with van der Waals surface area (Å²) in [5.41, 5.74) is 0. The van der Waals surface area contributed by atoms with E-state index in [4.69, 9.17) is 60.7 Å². The summed E-state index contributed by atoms with van der Waals surface area (Å²) in [6, 6.07) is 0. The number of hydrogen-bond donors (Lipinski definition) is 0. The zero-order chi connectivity index (χ0) is 16.2. The van der Waals surface area contributed by atoms with Crippen LogP contribution in [-0.4, -0.2) is 0 Å². The minimum atomic E-state index is 0. The van der Waals surface area contributed by atoms with Gasteiger partial charge in [0.2, 0.25) is 0 Å². The summed E-state index contributed by atoms with van der Waals surface area (Å²) in [6.07, 6.45) is 0. The number of hydrogen-bond acceptors (Lipinski definition) is 18. The van der Waals surface area contributed by atoms with Gasteiger partial charge in [0.25, 0.3) is 0 Å². The molecule has 0 fully saturated rings. The first-order valence-corrected chi connectivity index (χ1v) is 2.19. The Balaban J connectivity index is -0.00000000947. The Morgan fingerprint density at radius 2 is 0.409 bits per heavy atom. The molecule has 0 amide bonds. The molecular weight excluding hydrogens is 420 g/mol. The summed E-state index contributed by atoms with van der Waals surface area (Å²) >= 11 is 0. The predicted octanol–water partition coefficient (Wildman–Crippen LogP) is -7.49. The first-order chi connectivity index (χ1) is 8.49. The van der Waals surface area contributed by atoms with Crippen LogP contribution in [0, 0.1) is 60.7 Å². The van der Waals surface area contributed by atoms with Crippen molar-refractivity contribution in [1.29, 1.82) is 0 Å². The molecule has 117 valence electrons. The van der Waals surface area contributed by atoms with Gasteiger partial charge in [-0.3, -0.25) is 0 Å². The van der Waals surface area contributed by atoms with Crippen molar-refractivity contribution in [3.63, 3.8) is 0 Å². The van der Waals surface area contributed by atoms with E-state index in [1.807, 2.05) is 0 Å². The van der Waals surface area contributed by atoms with Crippen molar-refractivity contribution in [2.24, 2.45) is 32.0 Å². The second-order valence-corrected chi connectivity index (χ2v) is 0.447. The molecule has 22 heteroatoms. The molecule has 0 aliphatic heterocycles. The van der Waals surface area contributed by atoms with E-state index in [1.54, 1.807) is 0 Å². The Morgan fingerprint density at radius 1 is 0.409 bits per heavy atom. The monoisotopic (exact) mass is 420 g/mol. The quantitative estimate of drug-likeness (QED) is 0.200. The molecule has 0 heterocycles. The second kappa shape index (κ2) is 212. The standard InChI is InChI=1S/Co.K.6HNO2.2Na/c;;6*2-1-3;;/h;;6*(H,2,3);;/q;+1;;;;;;;2*+1/p-6. The molecule has 1 radical (unpaired) electrons. The summed E-state index contributed by atoms with van der Waals surface area (Å²) in [7, 11) is 0. The molecule has 0 saturated heterocycles. The summed E-state index contributed by atoms with van der Waals surface area (Å²) in [4.78, 5) is 48.0. The Hall–Kier alpha value is 0.543. The Kier molecular flexibility index (Phi) is 642. The van der Waals surface area contributed by atoms with E-state index in [9.17, 15) is 0 Å². The SMILES string of the molecule is O=N[O-].O=N[O-].O=N[O-].O=N[O-].O=N[O-].O=N[O-].[Co].[K+].[Na+].[Na+]. The fraction of sp³-hybridized carbons (Fsp3) is 0. The van der Waals surface area contributed by atoms with Crippen molar-refractivity contribution in [3.05, 3.63) is 60.7 Å². The van der Waals surface area contributed by atoms with Gasteiger partial charge in [-0.1, -0.05) is 0 Å². The van der Waals surface area contributed by atoms with Crippen molar-refractivity contribution in [2.45, 2.75) is 0 Å². The molecule has 0 aromatic carbocycles. The molecular formula is CoKN6Na2O12-3. The third kappa shape index (κ3) is 26600. The van der Waals surface area contributed by atoms with Crippen molar-refractivity contribution < 1.29 is 127 Å². The van der Waals surface area contributed by atoms with E-state index in [-0.39, 0.29) is 127 Å². The van der Waals surface area contributed by atoms with Crippen LogP contribution in [0.2, 0.25) is 0 Å². The molecule has 0 saturated carbocycles. The molecule has 0 unspecified atom stereocenters. The molecule has 0 aliphatic rings. The van der Waals surface area contributed by atoms with Gasteiger partial charge in [-0.15, -0.1) is 32.0 Å². The van der Waals surface area contributed by atoms with E-state index < -0.39 is 0 Å². The van der Waals surface area contributed by atoms with Crippen molar-refractivity contribution >= 4 is 0 Å². The first-order valence-electron chi connectivity index (χ1n) is 2.19. The van der Waals surface area contributed by atoms with Crippen LogP contribution in [-0.2, 0) is 16.8 Å². The van der Waals surface area contributed by atoms with Crippen molar-refractivity contribution in [1.82, 2.24) is 0 Å². The number of nitrogens with zero attached hydrogens (tertiary/aromatic N) is 6. The van der Waals surface area contributed by atoms with Gasteiger partial charge in [0.05, 0.1) is 0 Å². The number of rotatable bonds is 0. The zero-order valence-electron chi connectivity index (χ0n) is 10.9. The van der Waals surface area contributed by atoms with Gasteiger partial charge in [0, 0.05) is 16.8 Å². The van der Waals surface area contributed by atoms with Gasteiger partial charge in [-0.05, 0) is 0 Å². The molecule has 22 heavy (non-hydrogen) atoms. The Labute approximate surface area is 216 Å². The van der Waals surface area contributed by atoms with Gasteiger partial charge < -0.3 is 60.7 Å². The summed E-state index contributed by atoms with van der Waals surface area (Å²) in [6.45, 7) is 0. The van der Waals surface area contributed by atoms with Gasteiger partial charge in [0.15, 0.2) is 0 Å². The van der Waals surface area contributed by atoms with E-state index in [2.05, 4.69) is 0 Å². The maximum atomic E-state index is 8.00. The van der Waals surface area contributed by atoms with Crippen molar-refractivity contribution in [2.75, 3.05) is 0 Å².